The molecule has 2 fully saturated rings. The van der Waals surface area contributed by atoms with Crippen LogP contribution in [0.5, 0.6) is 0 Å². The van der Waals surface area contributed by atoms with E-state index in [4.69, 9.17) is 5.11 Å². The van der Waals surface area contributed by atoms with Crippen molar-refractivity contribution in [2.24, 2.45) is 5.41 Å². The van der Waals surface area contributed by atoms with E-state index in [0.29, 0.717) is 0 Å². The van der Waals surface area contributed by atoms with Crippen molar-refractivity contribution in [3.05, 3.63) is 0 Å². The molecule has 1 N–H and O–H groups in total. The van der Waals surface area contributed by atoms with Crippen molar-refractivity contribution < 1.29 is 13.5 Å². The lowest BCUT2D eigenvalue weighted by atomic mass is 9.90. The average molecular weight is 233 g/mol. The molecule has 4 nitrogen and oxygen atoms in total. The predicted octanol–water partition coefficient (Wildman–Crippen LogP) is 0.571. The van der Waals surface area contributed by atoms with E-state index < -0.39 is 20.9 Å². The highest BCUT2D eigenvalue weighted by atomic mass is 32.2. The van der Waals surface area contributed by atoms with Crippen LogP contribution in [-0.2, 0) is 10.0 Å². The molecule has 1 saturated heterocycles. The lowest BCUT2D eigenvalue weighted by molar-refractivity contribution is 0.0527. The zero-order valence-corrected chi connectivity index (χ0v) is 10.3. The summed E-state index contributed by atoms with van der Waals surface area (Å²) in [6, 6.07) is 0. The van der Waals surface area contributed by atoms with Gasteiger partial charge in [0, 0.05) is 13.1 Å². The van der Waals surface area contributed by atoms with E-state index in [1.165, 1.54) is 4.31 Å². The lowest BCUT2D eigenvalue weighted by Crippen LogP contribution is -2.58. The van der Waals surface area contributed by atoms with Crippen molar-refractivity contribution >= 4 is 10.0 Å². The molecule has 0 bridgehead atoms. The first-order valence-corrected chi connectivity index (χ1v) is 6.82. The summed E-state index contributed by atoms with van der Waals surface area (Å²) in [5.41, 5.74) is -0.216. The Morgan fingerprint density at radius 1 is 1.27 bits per heavy atom. The zero-order valence-electron chi connectivity index (χ0n) is 9.52. The van der Waals surface area contributed by atoms with Gasteiger partial charge in [-0.15, -0.1) is 0 Å². The standard InChI is InChI=1S/C10H19NO3S/c1-9(2,3)10(4-5-10)15(13,14)11-6-8(12)7-11/h8,12H,4-7H2,1-3H3. The molecule has 0 spiro atoms. The third kappa shape index (κ3) is 1.44. The number of rotatable bonds is 2. The number of nitrogens with zero attached hydrogens (tertiary/aromatic N) is 1. The molecule has 15 heavy (non-hydrogen) atoms. The van der Waals surface area contributed by atoms with Crippen LogP contribution in [0.25, 0.3) is 0 Å². The second-order valence-corrected chi connectivity index (χ2v) is 7.97. The van der Waals surface area contributed by atoms with Gasteiger partial charge in [-0.3, -0.25) is 0 Å². The van der Waals surface area contributed by atoms with Crippen LogP contribution < -0.4 is 0 Å². The third-order valence-electron chi connectivity index (χ3n) is 3.73. The molecule has 88 valence electrons. The van der Waals surface area contributed by atoms with E-state index in [9.17, 15) is 8.42 Å². The summed E-state index contributed by atoms with van der Waals surface area (Å²) in [4.78, 5) is 0. The van der Waals surface area contributed by atoms with Gasteiger partial charge in [-0.2, -0.15) is 4.31 Å². The molecule has 0 atom stereocenters. The minimum atomic E-state index is -3.21. The van der Waals surface area contributed by atoms with Crippen molar-refractivity contribution in [1.29, 1.82) is 0 Å². The Balaban J connectivity index is 2.24. The Hall–Kier alpha value is -0.130. The maximum absolute atomic E-state index is 12.3. The predicted molar refractivity (Wildman–Crippen MR) is 57.9 cm³/mol. The normalized spacial score (nSPS) is 27.5. The van der Waals surface area contributed by atoms with E-state index in [0.717, 1.165) is 12.8 Å². The lowest BCUT2D eigenvalue weighted by Gasteiger charge is -2.41. The van der Waals surface area contributed by atoms with Gasteiger partial charge in [0.2, 0.25) is 10.0 Å². The fourth-order valence-corrected chi connectivity index (χ4v) is 4.99. The highest BCUT2D eigenvalue weighted by molar-refractivity contribution is 7.90. The molecular formula is C10H19NO3S. The van der Waals surface area contributed by atoms with Crippen LogP contribution in [0.15, 0.2) is 0 Å². The number of hydrogen-bond acceptors (Lipinski definition) is 3. The first-order valence-electron chi connectivity index (χ1n) is 5.38. The summed E-state index contributed by atoms with van der Waals surface area (Å²) in [5.74, 6) is 0. The van der Waals surface area contributed by atoms with Crippen LogP contribution in [0.2, 0.25) is 0 Å². The first-order chi connectivity index (χ1) is 6.71. The van der Waals surface area contributed by atoms with Gasteiger partial charge in [0.25, 0.3) is 0 Å². The summed E-state index contributed by atoms with van der Waals surface area (Å²) in [7, 11) is -3.21. The fourth-order valence-electron chi connectivity index (χ4n) is 2.37. The molecule has 1 aliphatic carbocycles. The number of hydrogen-bond donors (Lipinski definition) is 1. The van der Waals surface area contributed by atoms with E-state index in [-0.39, 0.29) is 18.5 Å². The van der Waals surface area contributed by atoms with Crippen molar-refractivity contribution in [1.82, 2.24) is 4.31 Å². The second kappa shape index (κ2) is 2.96. The topological polar surface area (TPSA) is 57.6 Å². The zero-order chi connectivity index (χ0) is 11.5. The Morgan fingerprint density at radius 2 is 1.73 bits per heavy atom. The Bertz CT molecular complexity index is 359. The van der Waals surface area contributed by atoms with E-state index in [2.05, 4.69) is 0 Å². The minimum absolute atomic E-state index is 0.216. The molecule has 0 radical (unpaired) electrons. The van der Waals surface area contributed by atoms with E-state index in [1.807, 2.05) is 20.8 Å². The van der Waals surface area contributed by atoms with Gasteiger partial charge in [-0.05, 0) is 18.3 Å². The van der Waals surface area contributed by atoms with Gasteiger partial charge in [-0.25, -0.2) is 8.42 Å². The second-order valence-electron chi connectivity index (χ2n) is 5.72. The quantitative estimate of drug-likeness (QED) is 0.758. The number of aliphatic hydroxyl groups excluding tert-OH is 1. The van der Waals surface area contributed by atoms with Gasteiger partial charge in [-0.1, -0.05) is 20.8 Å². The molecular weight excluding hydrogens is 214 g/mol. The third-order valence-corrected chi connectivity index (χ3v) is 6.72. The Labute approximate surface area is 91.3 Å². The van der Waals surface area contributed by atoms with Gasteiger partial charge < -0.3 is 5.11 Å². The molecule has 1 saturated carbocycles. The molecule has 1 heterocycles. The molecule has 2 aliphatic rings. The number of β-amino-alcohol motifs (C(OH)–C–C–N with tert-alkyl or cyclic N) is 1. The smallest absolute Gasteiger partial charge is 0.220 e. The minimum Gasteiger partial charge on any atom is -0.390 e. The number of aliphatic hydroxyl groups is 1. The monoisotopic (exact) mass is 233 g/mol. The van der Waals surface area contributed by atoms with Crippen LogP contribution in [0, 0.1) is 5.41 Å². The van der Waals surface area contributed by atoms with Crippen LogP contribution in [0.3, 0.4) is 0 Å². The van der Waals surface area contributed by atoms with Crippen LogP contribution in [0.4, 0.5) is 0 Å². The fraction of sp³-hybridized carbons (Fsp3) is 1.00. The van der Waals surface area contributed by atoms with Crippen LogP contribution >= 0.6 is 0 Å². The van der Waals surface area contributed by atoms with Gasteiger partial charge in [0.15, 0.2) is 0 Å². The van der Waals surface area contributed by atoms with Gasteiger partial charge in [0.1, 0.15) is 0 Å². The Morgan fingerprint density at radius 3 is 2.00 bits per heavy atom. The van der Waals surface area contributed by atoms with Gasteiger partial charge >= 0.3 is 0 Å². The summed E-state index contributed by atoms with van der Waals surface area (Å²) in [5, 5.41) is 9.16. The maximum atomic E-state index is 12.3. The molecule has 0 aromatic rings. The van der Waals surface area contributed by atoms with E-state index in [1.54, 1.807) is 0 Å². The van der Waals surface area contributed by atoms with Crippen LogP contribution in [0.1, 0.15) is 33.6 Å². The Kier molecular flexibility index (Phi) is 2.24. The summed E-state index contributed by atoms with van der Waals surface area (Å²) >= 11 is 0. The summed E-state index contributed by atoms with van der Waals surface area (Å²) in [6.07, 6.45) is 1.05. The molecule has 0 aromatic heterocycles. The average Bonchev–Trinajstić information content (AvgIpc) is 2.75. The van der Waals surface area contributed by atoms with Crippen molar-refractivity contribution in [3.63, 3.8) is 0 Å². The molecule has 5 heteroatoms. The molecule has 0 amide bonds. The molecule has 2 rings (SSSR count). The molecule has 1 aliphatic heterocycles. The highest BCUT2D eigenvalue weighted by Crippen LogP contribution is 2.57. The number of sulfonamides is 1. The van der Waals surface area contributed by atoms with Gasteiger partial charge in [0.05, 0.1) is 10.9 Å². The van der Waals surface area contributed by atoms with Crippen molar-refractivity contribution in [2.45, 2.75) is 44.5 Å². The van der Waals surface area contributed by atoms with E-state index >= 15 is 0 Å². The van der Waals surface area contributed by atoms with Crippen molar-refractivity contribution in [2.75, 3.05) is 13.1 Å². The maximum Gasteiger partial charge on any atom is 0.220 e. The molecule has 0 unspecified atom stereocenters. The first kappa shape index (κ1) is 11.4. The summed E-state index contributed by atoms with van der Waals surface area (Å²) < 4.78 is 25.5. The largest absolute Gasteiger partial charge is 0.390 e. The highest BCUT2D eigenvalue weighted by Gasteiger charge is 2.64. The SMILES string of the molecule is CC(C)(C)C1(S(=O)(=O)N2CC(O)C2)CC1. The van der Waals surface area contributed by atoms with Crippen molar-refractivity contribution in [3.8, 4) is 0 Å². The summed E-state index contributed by atoms with van der Waals surface area (Å²) in [6.45, 7) is 6.50. The molecule has 0 aromatic carbocycles. The van der Waals surface area contributed by atoms with Crippen LogP contribution in [-0.4, -0.2) is 41.8 Å².